The van der Waals surface area contributed by atoms with E-state index in [1.165, 1.54) is 6.42 Å². The Morgan fingerprint density at radius 2 is 1.64 bits per heavy atom. The first-order chi connectivity index (χ1) is 10.6. The van der Waals surface area contributed by atoms with Crippen LogP contribution in [0, 0.1) is 0 Å². The molecular formula is C15H29O6P. The third-order valence-corrected chi connectivity index (χ3v) is 5.96. The van der Waals surface area contributed by atoms with Crippen molar-refractivity contribution in [2.75, 3.05) is 26.4 Å². The lowest BCUT2D eigenvalue weighted by Gasteiger charge is -2.28. The van der Waals surface area contributed by atoms with Crippen molar-refractivity contribution in [3.05, 3.63) is 0 Å². The lowest BCUT2D eigenvalue weighted by atomic mass is 9.98. The van der Waals surface area contributed by atoms with Crippen LogP contribution in [0.5, 0.6) is 0 Å². The van der Waals surface area contributed by atoms with Gasteiger partial charge in [0.05, 0.1) is 32.5 Å². The second-order valence-electron chi connectivity index (χ2n) is 5.24. The van der Waals surface area contributed by atoms with Gasteiger partial charge in [-0.25, -0.2) is 0 Å². The number of hydrogen-bond donors (Lipinski definition) is 0. The highest BCUT2D eigenvalue weighted by atomic mass is 31.2. The zero-order valence-corrected chi connectivity index (χ0v) is 14.8. The zero-order chi connectivity index (χ0) is 16.4. The van der Waals surface area contributed by atoms with Crippen LogP contribution in [0.3, 0.4) is 0 Å². The van der Waals surface area contributed by atoms with Crippen molar-refractivity contribution in [2.45, 2.75) is 64.6 Å². The number of rotatable bonds is 10. The van der Waals surface area contributed by atoms with Crippen molar-refractivity contribution in [3.63, 3.8) is 0 Å². The van der Waals surface area contributed by atoms with E-state index >= 15 is 0 Å². The van der Waals surface area contributed by atoms with Crippen molar-refractivity contribution >= 4 is 13.6 Å². The van der Waals surface area contributed by atoms with Gasteiger partial charge >= 0.3 is 13.6 Å². The lowest BCUT2D eigenvalue weighted by Crippen LogP contribution is -2.33. The molecule has 0 radical (unpaired) electrons. The summed E-state index contributed by atoms with van der Waals surface area (Å²) in [6.07, 6.45) is 5.54. The molecule has 6 nitrogen and oxygen atoms in total. The third kappa shape index (κ3) is 5.99. The van der Waals surface area contributed by atoms with E-state index in [0.29, 0.717) is 0 Å². The van der Waals surface area contributed by atoms with E-state index in [4.69, 9.17) is 18.5 Å². The second-order valence-corrected chi connectivity index (χ2v) is 7.46. The summed E-state index contributed by atoms with van der Waals surface area (Å²) < 4.78 is 34.3. The molecule has 0 spiro atoms. The fourth-order valence-corrected chi connectivity index (χ4v) is 4.32. The Hall–Kier alpha value is -0.420. The highest BCUT2D eigenvalue weighted by Gasteiger charge is 2.43. The first-order valence-corrected chi connectivity index (χ1v) is 9.85. The Morgan fingerprint density at radius 3 is 2.14 bits per heavy atom. The topological polar surface area (TPSA) is 71.1 Å². The van der Waals surface area contributed by atoms with Gasteiger partial charge in [0, 0.05) is 0 Å². The van der Waals surface area contributed by atoms with Gasteiger partial charge in [-0.3, -0.25) is 9.36 Å². The van der Waals surface area contributed by atoms with Crippen LogP contribution in [-0.4, -0.2) is 44.2 Å². The highest BCUT2D eigenvalue weighted by molar-refractivity contribution is 7.55. The molecule has 0 N–H and O–H groups in total. The molecule has 0 amide bonds. The Morgan fingerprint density at radius 1 is 1.05 bits per heavy atom. The minimum atomic E-state index is -3.58. The average Bonchev–Trinajstić information content (AvgIpc) is 2.49. The molecule has 0 aromatic carbocycles. The number of ether oxygens (including phenoxy) is 2. The molecule has 1 fully saturated rings. The Bertz CT molecular complexity index is 357. The maximum Gasteiger partial charge on any atom is 0.347 e. The third-order valence-electron chi connectivity index (χ3n) is 3.60. The van der Waals surface area contributed by atoms with Crippen molar-refractivity contribution in [1.29, 1.82) is 0 Å². The summed E-state index contributed by atoms with van der Waals surface area (Å²) in [7, 11) is -3.58. The van der Waals surface area contributed by atoms with Gasteiger partial charge in [0.25, 0.3) is 0 Å². The SMILES string of the molecule is CCOC(=O)C(COC1CCCCC1)P(=O)(OCC)OCC. The molecule has 0 heterocycles. The van der Waals surface area contributed by atoms with E-state index in [-0.39, 0.29) is 32.5 Å². The molecule has 0 aromatic heterocycles. The molecule has 22 heavy (non-hydrogen) atoms. The molecule has 1 aliphatic rings. The Balaban J connectivity index is 2.76. The predicted molar refractivity (Wildman–Crippen MR) is 84.1 cm³/mol. The summed E-state index contributed by atoms with van der Waals surface area (Å²) in [5, 5.41) is 0. The summed E-state index contributed by atoms with van der Waals surface area (Å²) in [5.74, 6) is -0.580. The van der Waals surface area contributed by atoms with Crippen LogP contribution in [0.25, 0.3) is 0 Å². The lowest BCUT2D eigenvalue weighted by molar-refractivity contribution is -0.145. The minimum absolute atomic E-state index is 0.0147. The van der Waals surface area contributed by atoms with Gasteiger partial charge in [-0.05, 0) is 33.6 Å². The summed E-state index contributed by atoms with van der Waals surface area (Å²) in [6, 6.07) is 0. The van der Waals surface area contributed by atoms with E-state index in [1.807, 2.05) is 0 Å². The van der Waals surface area contributed by atoms with Crippen LogP contribution in [0.15, 0.2) is 0 Å². The van der Waals surface area contributed by atoms with Gasteiger partial charge < -0.3 is 18.5 Å². The van der Waals surface area contributed by atoms with Gasteiger partial charge in [0.15, 0.2) is 5.66 Å². The number of carbonyl (C=O) groups excluding carboxylic acids is 1. The first-order valence-electron chi connectivity index (χ1n) is 8.24. The van der Waals surface area contributed by atoms with Gasteiger partial charge in [-0.1, -0.05) is 19.3 Å². The van der Waals surface area contributed by atoms with Crippen LogP contribution in [0.1, 0.15) is 52.9 Å². The van der Waals surface area contributed by atoms with Crippen molar-refractivity contribution < 1.29 is 27.9 Å². The normalized spacial score (nSPS) is 18.1. The molecule has 1 unspecified atom stereocenters. The minimum Gasteiger partial charge on any atom is -0.465 e. The smallest absolute Gasteiger partial charge is 0.347 e. The molecule has 130 valence electrons. The average molecular weight is 336 g/mol. The molecule has 1 rings (SSSR count). The summed E-state index contributed by atoms with van der Waals surface area (Å²) in [4.78, 5) is 12.2. The number of esters is 1. The van der Waals surface area contributed by atoms with Crippen LogP contribution >= 0.6 is 7.60 Å². The van der Waals surface area contributed by atoms with E-state index in [1.54, 1.807) is 20.8 Å². The maximum atomic E-state index is 12.9. The van der Waals surface area contributed by atoms with Gasteiger partial charge in [0.2, 0.25) is 0 Å². The zero-order valence-electron chi connectivity index (χ0n) is 13.9. The van der Waals surface area contributed by atoms with Crippen molar-refractivity contribution in [3.8, 4) is 0 Å². The van der Waals surface area contributed by atoms with Crippen LogP contribution in [-0.2, 0) is 27.9 Å². The van der Waals surface area contributed by atoms with Crippen molar-refractivity contribution in [2.24, 2.45) is 0 Å². The van der Waals surface area contributed by atoms with Gasteiger partial charge in [-0.15, -0.1) is 0 Å². The molecule has 0 bridgehead atoms. The Labute approximate surface area is 133 Å². The summed E-state index contributed by atoms with van der Waals surface area (Å²) in [5.41, 5.74) is -1.02. The number of carbonyl (C=O) groups is 1. The molecule has 1 aliphatic carbocycles. The summed E-state index contributed by atoms with van der Waals surface area (Å²) >= 11 is 0. The fourth-order valence-electron chi connectivity index (χ4n) is 2.56. The van der Waals surface area contributed by atoms with Gasteiger partial charge in [-0.2, -0.15) is 0 Å². The molecule has 1 atom stereocenters. The predicted octanol–water partition coefficient (Wildman–Crippen LogP) is 3.53. The van der Waals surface area contributed by atoms with E-state index in [0.717, 1.165) is 25.7 Å². The van der Waals surface area contributed by atoms with Crippen LogP contribution in [0.4, 0.5) is 0 Å². The largest absolute Gasteiger partial charge is 0.465 e. The second kappa shape index (κ2) is 10.4. The number of hydrogen-bond acceptors (Lipinski definition) is 6. The van der Waals surface area contributed by atoms with E-state index in [2.05, 4.69) is 0 Å². The molecule has 0 saturated heterocycles. The monoisotopic (exact) mass is 336 g/mol. The van der Waals surface area contributed by atoms with E-state index in [9.17, 15) is 9.36 Å². The fraction of sp³-hybridized carbons (Fsp3) is 0.933. The highest BCUT2D eigenvalue weighted by Crippen LogP contribution is 2.53. The molecular weight excluding hydrogens is 307 g/mol. The van der Waals surface area contributed by atoms with Gasteiger partial charge in [0.1, 0.15) is 0 Å². The van der Waals surface area contributed by atoms with Crippen LogP contribution < -0.4 is 0 Å². The molecule has 0 aliphatic heterocycles. The summed E-state index contributed by atoms with van der Waals surface area (Å²) in [6.45, 7) is 5.79. The Kier molecular flexibility index (Phi) is 9.25. The molecule has 7 heteroatoms. The maximum absolute atomic E-state index is 12.9. The van der Waals surface area contributed by atoms with E-state index < -0.39 is 19.2 Å². The molecule has 1 saturated carbocycles. The standard InChI is InChI=1S/C15H29O6P/c1-4-18-15(16)14(22(17,20-5-2)21-6-3)12-19-13-10-8-7-9-11-13/h13-14H,4-12H2,1-3H3. The quantitative estimate of drug-likeness (QED) is 0.449. The molecule has 0 aromatic rings. The van der Waals surface area contributed by atoms with Crippen LogP contribution in [0.2, 0.25) is 0 Å². The first kappa shape index (κ1) is 19.6. The van der Waals surface area contributed by atoms with Crippen molar-refractivity contribution in [1.82, 2.24) is 0 Å².